The van der Waals surface area contributed by atoms with Crippen molar-refractivity contribution in [2.75, 3.05) is 9.80 Å². The van der Waals surface area contributed by atoms with Crippen LogP contribution in [0, 0.1) is 0 Å². The van der Waals surface area contributed by atoms with Gasteiger partial charge in [-0.05, 0) is 150 Å². The summed E-state index contributed by atoms with van der Waals surface area (Å²) in [6.07, 6.45) is 0. The molecule has 0 bridgehead atoms. The standard InChI is InChI=1S/C74H56B2N4/c1-73(2,3)49-31-25-45(26-32-49)47-29-37-63-59(41-47)75-57-21-13-15-23-61(57)77(51-17-9-7-10-18-51)65-39-35-53-55-43-56-54-36-40-66-70-72(54)80(68(56)44-67(55)79(63)71(53)69(65)75)64-38-30-48(46-27-33-50(34-28-46)74(4,5)6)42-60(64)76(70)58-22-14-16-24-62(58)78(66)52-19-11-8-12-20-52/h7-44H,1-6H3. The highest BCUT2D eigenvalue weighted by Crippen LogP contribution is 2.47. The van der Waals surface area contributed by atoms with Gasteiger partial charge in [-0.25, -0.2) is 0 Å². The van der Waals surface area contributed by atoms with Gasteiger partial charge in [0.1, 0.15) is 0 Å². The highest BCUT2D eigenvalue weighted by atomic mass is 15.2. The predicted octanol–water partition coefficient (Wildman–Crippen LogP) is 15.0. The Kier molecular flexibility index (Phi) is 9.25. The number of fused-ring (bicyclic) bond motifs is 16. The van der Waals surface area contributed by atoms with Crippen molar-refractivity contribution in [1.29, 1.82) is 0 Å². The minimum Gasteiger partial charge on any atom is -0.311 e. The molecule has 0 aliphatic carbocycles. The average molecular weight is 1020 g/mol. The summed E-state index contributed by atoms with van der Waals surface area (Å²) in [5.41, 5.74) is 30.5. The number of rotatable bonds is 4. The van der Waals surface area contributed by atoms with Gasteiger partial charge in [0.2, 0.25) is 0 Å². The van der Waals surface area contributed by atoms with Crippen molar-refractivity contribution >= 4 is 124 Å². The SMILES string of the molecule is CC(C)(C)c1ccc(-c2ccc3c(c2)B2c4ccccc4N(c4ccccc4)c4ccc5c6cc7c8ccc9c%10c8n(c7cc6n-3c5c42)-c2ccc(-c3ccc(C(C)(C)C)cc3)cc2B%10c2ccccc2N9c2ccccc2)cc1. The van der Waals surface area contributed by atoms with Crippen molar-refractivity contribution in [3.63, 3.8) is 0 Å². The van der Waals surface area contributed by atoms with Crippen molar-refractivity contribution in [3.8, 4) is 33.6 Å². The second-order valence-corrected chi connectivity index (χ2v) is 24.9. The van der Waals surface area contributed by atoms with Crippen LogP contribution in [0.15, 0.2) is 231 Å². The monoisotopic (exact) mass is 1020 g/mol. The van der Waals surface area contributed by atoms with E-state index in [0.717, 1.165) is 11.4 Å². The minimum absolute atomic E-state index is 0.0183. The fraction of sp³-hybridized carbons (Fsp3) is 0.108. The Labute approximate surface area is 468 Å². The van der Waals surface area contributed by atoms with Crippen LogP contribution < -0.4 is 42.6 Å². The highest BCUT2D eigenvalue weighted by Gasteiger charge is 2.45. The van der Waals surface area contributed by atoms with E-state index in [2.05, 4.69) is 291 Å². The summed E-state index contributed by atoms with van der Waals surface area (Å²) in [5, 5.41) is 5.10. The van der Waals surface area contributed by atoms with E-state index in [1.54, 1.807) is 0 Å². The molecule has 0 spiro atoms. The zero-order chi connectivity index (χ0) is 53.5. The number of aromatic nitrogens is 2. The van der Waals surface area contributed by atoms with Gasteiger partial charge in [-0.1, -0.05) is 199 Å². The summed E-state index contributed by atoms with van der Waals surface area (Å²) in [6, 6.07) is 88.1. The van der Waals surface area contributed by atoms with Gasteiger partial charge >= 0.3 is 0 Å². The molecule has 0 N–H and O–H groups in total. The van der Waals surface area contributed by atoms with Crippen molar-refractivity contribution < 1.29 is 0 Å². The van der Waals surface area contributed by atoms with E-state index in [0.29, 0.717) is 0 Å². The second-order valence-electron chi connectivity index (χ2n) is 24.9. The van der Waals surface area contributed by atoms with E-state index in [1.807, 2.05) is 0 Å². The maximum atomic E-state index is 2.64. The van der Waals surface area contributed by atoms with E-state index in [-0.39, 0.29) is 24.3 Å². The van der Waals surface area contributed by atoms with Crippen LogP contribution in [0.25, 0.3) is 77.2 Å². The lowest BCUT2D eigenvalue weighted by atomic mass is 9.33. The number of para-hydroxylation sites is 4. The zero-order valence-corrected chi connectivity index (χ0v) is 45.9. The quantitative estimate of drug-likeness (QED) is 0.163. The summed E-state index contributed by atoms with van der Waals surface area (Å²) < 4.78 is 5.28. The number of hydrogen-bond donors (Lipinski definition) is 0. The number of hydrogen-bond acceptors (Lipinski definition) is 2. The van der Waals surface area contributed by atoms with Crippen molar-refractivity contribution in [3.05, 3.63) is 242 Å². The van der Waals surface area contributed by atoms with Gasteiger partial charge in [0.15, 0.2) is 0 Å². The minimum atomic E-state index is 0.0183. The molecule has 11 aromatic carbocycles. The molecule has 4 aliphatic heterocycles. The van der Waals surface area contributed by atoms with Crippen molar-refractivity contribution in [2.24, 2.45) is 0 Å². The van der Waals surface area contributed by atoms with E-state index < -0.39 is 0 Å². The zero-order valence-electron chi connectivity index (χ0n) is 45.9. The predicted molar refractivity (Wildman–Crippen MR) is 342 cm³/mol. The average Bonchev–Trinajstić information content (AvgIpc) is 4.12. The fourth-order valence-electron chi connectivity index (χ4n) is 14.7. The van der Waals surface area contributed by atoms with E-state index >= 15 is 0 Å². The lowest BCUT2D eigenvalue weighted by molar-refractivity contribution is 0.590. The Balaban J connectivity index is 0.969. The summed E-state index contributed by atoms with van der Waals surface area (Å²) in [6.45, 7) is 13.8. The Morgan fingerprint density at radius 2 is 0.662 bits per heavy atom. The molecule has 6 heteroatoms. The van der Waals surface area contributed by atoms with Crippen LogP contribution >= 0.6 is 0 Å². The van der Waals surface area contributed by atoms with Crippen LogP contribution in [0.3, 0.4) is 0 Å². The molecular formula is C74H56B2N4. The fourth-order valence-corrected chi connectivity index (χ4v) is 14.7. The van der Waals surface area contributed by atoms with E-state index in [9.17, 15) is 0 Å². The molecule has 0 saturated heterocycles. The molecule has 2 aromatic heterocycles. The third-order valence-electron chi connectivity index (χ3n) is 18.4. The molecule has 17 rings (SSSR count). The Bertz CT molecular complexity index is 4480. The van der Waals surface area contributed by atoms with Crippen LogP contribution in [0.4, 0.5) is 34.1 Å². The lowest BCUT2D eigenvalue weighted by Crippen LogP contribution is -2.60. The normalized spacial score (nSPS) is 13.8. The summed E-state index contributed by atoms with van der Waals surface area (Å²) in [7, 11) is 0. The van der Waals surface area contributed by atoms with Gasteiger partial charge in [0.25, 0.3) is 13.4 Å². The van der Waals surface area contributed by atoms with Crippen LogP contribution in [-0.2, 0) is 10.8 Å². The first-order valence-corrected chi connectivity index (χ1v) is 28.5. The van der Waals surface area contributed by atoms with Gasteiger partial charge in [0.05, 0.1) is 22.1 Å². The smallest absolute Gasteiger partial charge is 0.252 e. The van der Waals surface area contributed by atoms with Crippen LogP contribution in [0.5, 0.6) is 0 Å². The maximum Gasteiger partial charge on any atom is 0.252 e. The topological polar surface area (TPSA) is 16.3 Å². The summed E-state index contributed by atoms with van der Waals surface area (Å²) in [5.74, 6) is 0. The molecule has 80 heavy (non-hydrogen) atoms. The largest absolute Gasteiger partial charge is 0.311 e. The molecule has 13 aromatic rings. The van der Waals surface area contributed by atoms with E-state index in [1.165, 1.54) is 144 Å². The van der Waals surface area contributed by atoms with Gasteiger partial charge in [0, 0.05) is 67.0 Å². The third kappa shape index (κ3) is 6.25. The van der Waals surface area contributed by atoms with Gasteiger partial charge in [-0.3, -0.25) is 0 Å². The van der Waals surface area contributed by atoms with Crippen LogP contribution in [0.2, 0.25) is 0 Å². The molecule has 0 amide bonds. The molecule has 0 radical (unpaired) electrons. The summed E-state index contributed by atoms with van der Waals surface area (Å²) >= 11 is 0. The third-order valence-corrected chi connectivity index (χ3v) is 18.4. The number of benzene rings is 11. The molecule has 0 unspecified atom stereocenters. The maximum absolute atomic E-state index is 2.64. The molecular weight excluding hydrogens is 966 g/mol. The molecule has 4 aliphatic rings. The first-order valence-electron chi connectivity index (χ1n) is 28.5. The molecule has 378 valence electrons. The summed E-state index contributed by atoms with van der Waals surface area (Å²) in [4.78, 5) is 5.01. The molecule has 4 nitrogen and oxygen atoms in total. The van der Waals surface area contributed by atoms with Gasteiger partial charge in [-0.15, -0.1) is 0 Å². The molecule has 0 saturated carbocycles. The van der Waals surface area contributed by atoms with Crippen molar-refractivity contribution in [1.82, 2.24) is 9.13 Å². The Hall–Kier alpha value is -9.25. The van der Waals surface area contributed by atoms with E-state index in [4.69, 9.17) is 0 Å². The Morgan fingerprint density at radius 1 is 0.287 bits per heavy atom. The highest BCUT2D eigenvalue weighted by molar-refractivity contribution is 7.01. The first-order chi connectivity index (χ1) is 39.0. The Morgan fingerprint density at radius 3 is 1.07 bits per heavy atom. The van der Waals surface area contributed by atoms with Crippen LogP contribution in [0.1, 0.15) is 52.7 Å². The van der Waals surface area contributed by atoms with Crippen LogP contribution in [-0.4, -0.2) is 22.6 Å². The molecule has 6 heterocycles. The molecule has 0 fully saturated rings. The second kappa shape index (κ2) is 16.2. The number of anilines is 6. The van der Waals surface area contributed by atoms with Gasteiger partial charge in [-0.2, -0.15) is 0 Å². The molecule has 0 atom stereocenters. The van der Waals surface area contributed by atoms with Gasteiger partial charge < -0.3 is 18.9 Å². The van der Waals surface area contributed by atoms with Crippen molar-refractivity contribution in [2.45, 2.75) is 52.4 Å². The first kappa shape index (κ1) is 45.7. The lowest BCUT2D eigenvalue weighted by Gasteiger charge is -2.40. The number of nitrogens with zero attached hydrogens (tertiary/aromatic N) is 4.